The summed E-state index contributed by atoms with van der Waals surface area (Å²) in [7, 11) is 1.70. The zero-order valence-electron chi connectivity index (χ0n) is 20.5. The van der Waals surface area contributed by atoms with Crippen molar-refractivity contribution in [2.24, 2.45) is 5.41 Å². The van der Waals surface area contributed by atoms with Gasteiger partial charge in [-0.15, -0.1) is 0 Å². The fourth-order valence-electron chi connectivity index (χ4n) is 4.85. The highest BCUT2D eigenvalue weighted by Gasteiger charge is 2.35. The molecule has 1 saturated carbocycles. The first kappa shape index (κ1) is 24.9. The van der Waals surface area contributed by atoms with E-state index in [1.165, 1.54) is 12.5 Å². The summed E-state index contributed by atoms with van der Waals surface area (Å²) < 4.78 is 14.5. The molecule has 0 bridgehead atoms. The van der Waals surface area contributed by atoms with E-state index in [0.717, 1.165) is 45.2 Å². The third-order valence-corrected chi connectivity index (χ3v) is 7.17. The molecule has 1 aliphatic carbocycles. The Labute approximate surface area is 209 Å². The van der Waals surface area contributed by atoms with Crippen LogP contribution in [-0.4, -0.2) is 40.4 Å². The van der Waals surface area contributed by atoms with Gasteiger partial charge in [0.05, 0.1) is 30.2 Å². The fourth-order valence-corrected chi connectivity index (χ4v) is 5.21. The molecule has 2 heterocycles. The summed E-state index contributed by atoms with van der Waals surface area (Å²) in [5.41, 5.74) is 5.06. The summed E-state index contributed by atoms with van der Waals surface area (Å²) in [5, 5.41) is 11.3. The average Bonchev–Trinajstić information content (AvgIpc) is 3.07. The van der Waals surface area contributed by atoms with E-state index in [0.29, 0.717) is 13.0 Å². The number of ether oxygens (including phenoxy) is 2. The van der Waals surface area contributed by atoms with Crippen molar-refractivity contribution in [3.63, 3.8) is 0 Å². The number of methoxy groups -OCH3 is 1. The van der Waals surface area contributed by atoms with Gasteiger partial charge in [-0.05, 0) is 62.1 Å². The van der Waals surface area contributed by atoms with Crippen LogP contribution in [0.15, 0.2) is 41.0 Å². The van der Waals surface area contributed by atoms with Gasteiger partial charge in [0, 0.05) is 52.6 Å². The minimum absolute atomic E-state index is 0.178. The zero-order valence-corrected chi connectivity index (χ0v) is 22.1. The van der Waals surface area contributed by atoms with E-state index in [1.54, 1.807) is 13.3 Å². The van der Waals surface area contributed by atoms with Gasteiger partial charge in [-0.1, -0.05) is 29.8 Å². The van der Waals surface area contributed by atoms with Crippen LogP contribution < -0.4 is 0 Å². The summed E-state index contributed by atoms with van der Waals surface area (Å²) >= 11 is 3.66. The second-order valence-corrected chi connectivity index (χ2v) is 11.0. The van der Waals surface area contributed by atoms with E-state index in [-0.39, 0.29) is 29.6 Å². The van der Waals surface area contributed by atoms with E-state index in [1.807, 2.05) is 13.0 Å². The molecule has 1 atom stereocenters. The number of pyridine rings is 1. The van der Waals surface area contributed by atoms with Crippen LogP contribution in [0.25, 0.3) is 22.2 Å². The molecule has 2 aromatic heterocycles. The van der Waals surface area contributed by atoms with E-state index in [4.69, 9.17) is 14.5 Å². The van der Waals surface area contributed by atoms with Crippen molar-refractivity contribution >= 4 is 32.8 Å². The Kier molecular flexibility index (Phi) is 7.17. The SMILES string of the molecule is CO[C@@H](C)c1ncccc1-c1c(CC(C)(C)COC(C)=O)c2cc(Br)ccc2n1C1CC(O)C1. The largest absolute Gasteiger partial charge is 0.465 e. The molecule has 7 heteroatoms. The van der Waals surface area contributed by atoms with Crippen LogP contribution in [0.3, 0.4) is 0 Å². The third kappa shape index (κ3) is 4.92. The number of aliphatic hydroxyl groups is 1. The van der Waals surface area contributed by atoms with Gasteiger partial charge >= 0.3 is 5.97 Å². The van der Waals surface area contributed by atoms with Crippen molar-refractivity contribution in [2.45, 2.75) is 65.2 Å². The Balaban J connectivity index is 1.98. The summed E-state index contributed by atoms with van der Waals surface area (Å²) in [5.74, 6) is -0.273. The predicted molar refractivity (Wildman–Crippen MR) is 137 cm³/mol. The van der Waals surface area contributed by atoms with Crippen molar-refractivity contribution in [1.82, 2.24) is 9.55 Å². The van der Waals surface area contributed by atoms with E-state index in [2.05, 4.69) is 58.6 Å². The summed E-state index contributed by atoms with van der Waals surface area (Å²) in [6, 6.07) is 10.6. The maximum Gasteiger partial charge on any atom is 0.302 e. The lowest BCUT2D eigenvalue weighted by molar-refractivity contribution is -0.143. The van der Waals surface area contributed by atoms with Crippen LogP contribution in [0.4, 0.5) is 0 Å². The second-order valence-electron chi connectivity index (χ2n) is 10.1. The first-order valence-corrected chi connectivity index (χ1v) is 12.5. The monoisotopic (exact) mass is 528 g/mol. The van der Waals surface area contributed by atoms with Crippen LogP contribution in [0, 0.1) is 5.41 Å². The molecule has 0 radical (unpaired) electrons. The summed E-state index contributed by atoms with van der Waals surface area (Å²) in [6.45, 7) is 8.03. The number of esters is 1. The highest BCUT2D eigenvalue weighted by molar-refractivity contribution is 9.10. The number of benzene rings is 1. The van der Waals surface area contributed by atoms with Gasteiger partial charge in [0.25, 0.3) is 0 Å². The van der Waals surface area contributed by atoms with Crippen molar-refractivity contribution in [1.29, 1.82) is 0 Å². The van der Waals surface area contributed by atoms with Crippen LogP contribution in [0.5, 0.6) is 0 Å². The number of aromatic nitrogens is 2. The van der Waals surface area contributed by atoms with Gasteiger partial charge in [0.1, 0.15) is 0 Å². The Morgan fingerprint density at radius 1 is 1.32 bits per heavy atom. The number of nitrogens with zero attached hydrogens (tertiary/aromatic N) is 2. The number of hydrogen-bond donors (Lipinski definition) is 1. The van der Waals surface area contributed by atoms with Gasteiger partial charge in [-0.2, -0.15) is 0 Å². The molecule has 1 aliphatic rings. The standard InChI is InChI=1S/C27H33BrN2O4/c1-16(33-5)25-21(7-6-10-29-25)26-23(14-27(3,4)15-34-17(2)31)22-11-18(28)8-9-24(22)30(26)19-12-20(32)13-19/h6-11,16,19-20,32H,12-15H2,1-5H3/t16-,19?,20?/m0/s1. The second kappa shape index (κ2) is 9.80. The molecule has 4 rings (SSSR count). The number of carbonyl (C=O) groups excluding carboxylic acids is 1. The number of rotatable bonds is 8. The molecule has 34 heavy (non-hydrogen) atoms. The average molecular weight is 529 g/mol. The van der Waals surface area contributed by atoms with Crippen LogP contribution in [0.1, 0.15) is 63.9 Å². The molecule has 1 aromatic carbocycles. The molecule has 0 saturated heterocycles. The minimum Gasteiger partial charge on any atom is -0.465 e. The van der Waals surface area contributed by atoms with Crippen molar-refractivity contribution < 1.29 is 19.4 Å². The third-order valence-electron chi connectivity index (χ3n) is 6.68. The fraction of sp³-hybridized carbons (Fsp3) is 0.481. The molecule has 0 amide bonds. The van der Waals surface area contributed by atoms with Gasteiger partial charge in [-0.3, -0.25) is 9.78 Å². The van der Waals surface area contributed by atoms with Gasteiger partial charge in [0.2, 0.25) is 0 Å². The summed E-state index contributed by atoms with van der Waals surface area (Å²) in [4.78, 5) is 16.2. The first-order chi connectivity index (χ1) is 16.1. The Bertz CT molecular complexity index is 1200. The molecule has 0 unspecified atom stereocenters. The van der Waals surface area contributed by atoms with E-state index < -0.39 is 0 Å². The molecular weight excluding hydrogens is 496 g/mol. The van der Waals surface area contributed by atoms with E-state index >= 15 is 0 Å². The maximum absolute atomic E-state index is 11.5. The first-order valence-electron chi connectivity index (χ1n) is 11.7. The minimum atomic E-state index is -0.282. The Hall–Kier alpha value is -2.22. The number of fused-ring (bicyclic) bond motifs is 1. The van der Waals surface area contributed by atoms with Crippen LogP contribution in [-0.2, 0) is 20.7 Å². The maximum atomic E-state index is 11.5. The smallest absolute Gasteiger partial charge is 0.302 e. The number of carbonyl (C=O) groups is 1. The van der Waals surface area contributed by atoms with Crippen molar-refractivity contribution in [2.75, 3.05) is 13.7 Å². The lowest BCUT2D eigenvalue weighted by Gasteiger charge is -2.35. The molecule has 1 fully saturated rings. The van der Waals surface area contributed by atoms with Gasteiger partial charge < -0.3 is 19.1 Å². The normalized spacial score (nSPS) is 19.1. The molecule has 1 N–H and O–H groups in total. The highest BCUT2D eigenvalue weighted by atomic mass is 79.9. The van der Waals surface area contributed by atoms with Crippen molar-refractivity contribution in [3.05, 3.63) is 52.3 Å². The lowest BCUT2D eigenvalue weighted by atomic mass is 9.84. The highest BCUT2D eigenvalue weighted by Crippen LogP contribution is 2.46. The predicted octanol–water partition coefficient (Wildman–Crippen LogP) is 6.00. The van der Waals surface area contributed by atoms with Gasteiger partial charge in [0.15, 0.2) is 0 Å². The number of halogens is 1. The zero-order chi connectivity index (χ0) is 24.6. The molecule has 0 aliphatic heterocycles. The molecule has 3 aromatic rings. The Morgan fingerprint density at radius 3 is 2.71 bits per heavy atom. The van der Waals surface area contributed by atoms with E-state index in [9.17, 15) is 9.90 Å². The number of aliphatic hydroxyl groups excluding tert-OH is 1. The molecule has 0 spiro atoms. The molecule has 6 nitrogen and oxygen atoms in total. The van der Waals surface area contributed by atoms with Crippen molar-refractivity contribution in [3.8, 4) is 11.3 Å². The Morgan fingerprint density at radius 2 is 2.06 bits per heavy atom. The number of hydrogen-bond acceptors (Lipinski definition) is 5. The topological polar surface area (TPSA) is 73.6 Å². The molecular formula is C27H33BrN2O4. The van der Waals surface area contributed by atoms with Crippen LogP contribution in [0.2, 0.25) is 0 Å². The lowest BCUT2D eigenvalue weighted by Crippen LogP contribution is -2.31. The van der Waals surface area contributed by atoms with Gasteiger partial charge in [-0.25, -0.2) is 0 Å². The summed E-state index contributed by atoms with van der Waals surface area (Å²) in [6.07, 6.45) is 3.50. The molecule has 182 valence electrons. The van der Waals surface area contributed by atoms with Crippen LogP contribution >= 0.6 is 15.9 Å². The quantitative estimate of drug-likeness (QED) is 0.363.